The Bertz CT molecular complexity index is 832. The van der Waals surface area contributed by atoms with Crippen LogP contribution in [0, 0.1) is 0 Å². The van der Waals surface area contributed by atoms with Crippen molar-refractivity contribution in [2.45, 2.75) is 19.4 Å². The molecule has 0 saturated heterocycles. The Morgan fingerprint density at radius 1 is 1.12 bits per heavy atom. The SMILES string of the molecule is CCC(NC(=O)c1ccccc1NS(C)(=O)=O)c1ccc(OC)cc1. The molecule has 0 aromatic heterocycles. The van der Waals surface area contributed by atoms with Gasteiger partial charge in [0.15, 0.2) is 0 Å². The van der Waals surface area contributed by atoms with Crippen molar-refractivity contribution in [2.24, 2.45) is 0 Å². The van der Waals surface area contributed by atoms with Crippen LogP contribution in [0.4, 0.5) is 5.69 Å². The van der Waals surface area contributed by atoms with Crippen molar-refractivity contribution in [1.82, 2.24) is 5.32 Å². The quantitative estimate of drug-likeness (QED) is 0.793. The minimum Gasteiger partial charge on any atom is -0.497 e. The first-order valence-electron chi connectivity index (χ1n) is 7.85. The summed E-state index contributed by atoms with van der Waals surface area (Å²) in [7, 11) is -1.87. The molecule has 1 unspecified atom stereocenters. The van der Waals surface area contributed by atoms with Gasteiger partial charge >= 0.3 is 0 Å². The van der Waals surface area contributed by atoms with Crippen molar-refractivity contribution < 1.29 is 17.9 Å². The standard InChI is InChI=1S/C18H22N2O4S/c1-4-16(13-9-11-14(24-2)12-10-13)19-18(21)15-7-5-6-8-17(15)20-25(3,22)23/h5-12,16,20H,4H2,1-3H3,(H,19,21). The van der Waals surface area contributed by atoms with Gasteiger partial charge in [-0.3, -0.25) is 9.52 Å². The Labute approximate surface area is 148 Å². The van der Waals surface area contributed by atoms with Gasteiger partial charge in [-0.25, -0.2) is 8.42 Å². The fourth-order valence-electron chi connectivity index (χ4n) is 2.46. The van der Waals surface area contributed by atoms with E-state index in [0.29, 0.717) is 6.42 Å². The molecule has 7 heteroatoms. The molecule has 2 rings (SSSR count). The summed E-state index contributed by atoms with van der Waals surface area (Å²) in [6, 6.07) is 13.8. The second-order valence-corrected chi connectivity index (χ2v) is 7.38. The summed E-state index contributed by atoms with van der Waals surface area (Å²) in [5, 5.41) is 2.95. The minimum absolute atomic E-state index is 0.190. The molecule has 6 nitrogen and oxygen atoms in total. The van der Waals surface area contributed by atoms with Crippen molar-refractivity contribution in [1.29, 1.82) is 0 Å². The number of hydrogen-bond acceptors (Lipinski definition) is 4. The number of hydrogen-bond donors (Lipinski definition) is 2. The van der Waals surface area contributed by atoms with Crippen LogP contribution in [0.15, 0.2) is 48.5 Å². The van der Waals surface area contributed by atoms with E-state index in [9.17, 15) is 13.2 Å². The van der Waals surface area contributed by atoms with Gasteiger partial charge in [0.1, 0.15) is 5.75 Å². The number of nitrogens with one attached hydrogen (secondary N) is 2. The molecular weight excluding hydrogens is 340 g/mol. The van der Waals surface area contributed by atoms with Crippen LogP contribution in [0.2, 0.25) is 0 Å². The van der Waals surface area contributed by atoms with Crippen molar-refractivity contribution in [3.05, 3.63) is 59.7 Å². The largest absolute Gasteiger partial charge is 0.497 e. The van der Waals surface area contributed by atoms with E-state index >= 15 is 0 Å². The van der Waals surface area contributed by atoms with E-state index in [1.807, 2.05) is 31.2 Å². The molecule has 0 aliphatic carbocycles. The zero-order chi connectivity index (χ0) is 18.4. The van der Waals surface area contributed by atoms with E-state index in [2.05, 4.69) is 10.0 Å². The number of rotatable bonds is 7. The third-order valence-electron chi connectivity index (χ3n) is 3.70. The number of benzene rings is 2. The van der Waals surface area contributed by atoms with Crippen molar-refractivity contribution in [2.75, 3.05) is 18.1 Å². The van der Waals surface area contributed by atoms with Crippen LogP contribution in [-0.2, 0) is 10.0 Å². The molecule has 2 N–H and O–H groups in total. The number of methoxy groups -OCH3 is 1. The van der Waals surface area contributed by atoms with Gasteiger partial charge in [-0.15, -0.1) is 0 Å². The zero-order valence-corrected chi connectivity index (χ0v) is 15.3. The first-order chi connectivity index (χ1) is 11.8. The van der Waals surface area contributed by atoms with Gasteiger partial charge in [0, 0.05) is 0 Å². The third-order valence-corrected chi connectivity index (χ3v) is 4.29. The Morgan fingerprint density at radius 3 is 2.32 bits per heavy atom. The van der Waals surface area contributed by atoms with E-state index in [1.54, 1.807) is 31.4 Å². The number of sulfonamides is 1. The molecule has 0 bridgehead atoms. The topological polar surface area (TPSA) is 84.5 Å². The normalized spacial score (nSPS) is 12.3. The molecule has 134 valence electrons. The summed E-state index contributed by atoms with van der Waals surface area (Å²) in [6.07, 6.45) is 1.74. The van der Waals surface area contributed by atoms with Gasteiger partial charge in [0.25, 0.3) is 5.91 Å². The van der Waals surface area contributed by atoms with Crippen LogP contribution in [0.25, 0.3) is 0 Å². The number of carbonyl (C=O) groups excluding carboxylic acids is 1. The molecular formula is C18H22N2O4S. The van der Waals surface area contributed by atoms with E-state index in [-0.39, 0.29) is 23.2 Å². The first kappa shape index (κ1) is 18.8. The van der Waals surface area contributed by atoms with Crippen LogP contribution in [0.3, 0.4) is 0 Å². The second kappa shape index (κ2) is 8.02. The molecule has 0 radical (unpaired) electrons. The van der Waals surface area contributed by atoms with E-state index < -0.39 is 10.0 Å². The highest BCUT2D eigenvalue weighted by Crippen LogP contribution is 2.22. The average molecular weight is 362 g/mol. The second-order valence-electron chi connectivity index (χ2n) is 5.63. The number of carbonyl (C=O) groups is 1. The summed E-state index contributed by atoms with van der Waals surface area (Å²) in [6.45, 7) is 1.97. The fourth-order valence-corrected chi connectivity index (χ4v) is 3.04. The Balaban J connectivity index is 2.22. The molecule has 2 aromatic carbocycles. The van der Waals surface area contributed by atoms with E-state index in [1.165, 1.54) is 0 Å². The van der Waals surface area contributed by atoms with E-state index in [0.717, 1.165) is 17.6 Å². The lowest BCUT2D eigenvalue weighted by Gasteiger charge is -2.19. The Hall–Kier alpha value is -2.54. The smallest absolute Gasteiger partial charge is 0.253 e. The van der Waals surface area contributed by atoms with E-state index in [4.69, 9.17) is 4.74 Å². The maximum absolute atomic E-state index is 12.6. The highest BCUT2D eigenvalue weighted by Gasteiger charge is 2.18. The maximum atomic E-state index is 12.6. The van der Waals surface area contributed by atoms with Gasteiger partial charge in [-0.2, -0.15) is 0 Å². The van der Waals surface area contributed by atoms with Crippen LogP contribution in [0.1, 0.15) is 35.3 Å². The van der Waals surface area contributed by atoms with Gasteiger partial charge < -0.3 is 10.1 Å². The molecule has 0 spiro atoms. The van der Waals surface area contributed by atoms with Crippen molar-refractivity contribution in [3.63, 3.8) is 0 Å². The van der Waals surface area contributed by atoms with Crippen LogP contribution in [0.5, 0.6) is 5.75 Å². The Kier molecular flexibility index (Phi) is 6.03. The lowest BCUT2D eigenvalue weighted by Crippen LogP contribution is -2.29. The molecule has 0 aliphatic rings. The van der Waals surface area contributed by atoms with Crippen LogP contribution < -0.4 is 14.8 Å². The molecule has 0 fully saturated rings. The molecule has 1 atom stereocenters. The predicted octanol–water partition coefficient (Wildman–Crippen LogP) is 2.95. The first-order valence-corrected chi connectivity index (χ1v) is 9.75. The summed E-state index contributed by atoms with van der Waals surface area (Å²) in [5.74, 6) is 0.405. The number of para-hydroxylation sites is 1. The summed E-state index contributed by atoms with van der Waals surface area (Å²) >= 11 is 0. The summed E-state index contributed by atoms with van der Waals surface area (Å²) in [5.41, 5.74) is 1.48. The third kappa shape index (κ3) is 5.22. The van der Waals surface area contributed by atoms with Crippen molar-refractivity contribution in [3.8, 4) is 5.75 Å². The maximum Gasteiger partial charge on any atom is 0.253 e. The fraction of sp³-hybridized carbons (Fsp3) is 0.278. The molecule has 1 amide bonds. The minimum atomic E-state index is -3.47. The number of amides is 1. The predicted molar refractivity (Wildman–Crippen MR) is 98.4 cm³/mol. The van der Waals surface area contributed by atoms with Gasteiger partial charge in [-0.05, 0) is 36.2 Å². The van der Waals surface area contributed by atoms with Crippen molar-refractivity contribution >= 4 is 21.6 Å². The molecule has 0 heterocycles. The molecule has 0 saturated carbocycles. The highest BCUT2D eigenvalue weighted by molar-refractivity contribution is 7.92. The molecule has 25 heavy (non-hydrogen) atoms. The van der Waals surface area contributed by atoms with Crippen LogP contribution in [-0.4, -0.2) is 27.7 Å². The lowest BCUT2D eigenvalue weighted by atomic mass is 10.0. The lowest BCUT2D eigenvalue weighted by molar-refractivity contribution is 0.0936. The van der Waals surface area contributed by atoms with Crippen LogP contribution >= 0.6 is 0 Å². The molecule has 2 aromatic rings. The van der Waals surface area contributed by atoms with Gasteiger partial charge in [-0.1, -0.05) is 31.2 Å². The van der Waals surface area contributed by atoms with Gasteiger partial charge in [0.05, 0.1) is 30.7 Å². The highest BCUT2D eigenvalue weighted by atomic mass is 32.2. The number of ether oxygens (including phenoxy) is 1. The average Bonchev–Trinajstić information content (AvgIpc) is 2.58. The molecule has 0 aliphatic heterocycles. The zero-order valence-electron chi connectivity index (χ0n) is 14.4. The van der Waals surface area contributed by atoms with Gasteiger partial charge in [0.2, 0.25) is 10.0 Å². The summed E-state index contributed by atoms with van der Waals surface area (Å²) in [4.78, 5) is 12.6. The summed E-state index contributed by atoms with van der Waals surface area (Å²) < 4.78 is 30.5. The monoisotopic (exact) mass is 362 g/mol. The number of anilines is 1. The Morgan fingerprint density at radius 2 is 1.76 bits per heavy atom.